The third kappa shape index (κ3) is 21.4. The van der Waals surface area contributed by atoms with Crippen molar-refractivity contribution in [3.63, 3.8) is 0 Å². The van der Waals surface area contributed by atoms with Gasteiger partial charge in [-0.05, 0) is 27.2 Å². The number of hydrogen-bond donors (Lipinski definition) is 7. The lowest BCUT2D eigenvalue weighted by Crippen LogP contribution is -2.34. The van der Waals surface area contributed by atoms with Crippen LogP contribution >= 0.6 is 40.4 Å². The predicted octanol–water partition coefficient (Wildman–Crippen LogP) is -2.12. The van der Waals surface area contributed by atoms with Gasteiger partial charge < -0.3 is 137 Å². The van der Waals surface area contributed by atoms with E-state index in [1.54, 1.807) is 6.92 Å². The smallest absolute Gasteiger partial charge is 0.330 e. The van der Waals surface area contributed by atoms with E-state index < -0.39 is 230 Å². The van der Waals surface area contributed by atoms with Crippen LogP contribution in [0.25, 0.3) is 33.5 Å². The SMILES string of the molecule is CC[C@H]1O[C@@H](n2cnc3c(=O)[nH]c(N)nc32)C[C@H]1OP([O-])(=S)OC[C@H]1O[C@@H](n2cc(C)c(=O)[nH]c2=O)C[C@H]1OP(=O)([S-])OC[C@H]1O[C@@H](n2cnc3c(N)ncnc32)C[C@H]1OP([O-])(=S)OC[C@H]1O[C@@H](n2cc(C)c(=O)[nH]c2=O)C[C@H]1OP([O-])(=S)OC[C@H]1O[C@@H](n2cnc3c(N)ncnc32)C[C@H]1OP([O-])(=S)OC[C@H]1O[C@@H](n2cc(C)c(=O)[nH]c2=O)C[C@H]1OP([O-])(=S)OC. The first-order valence-electron chi connectivity index (χ1n) is 37.7. The van der Waals surface area contributed by atoms with Gasteiger partial charge >= 0.3 is 17.1 Å². The number of imidazole rings is 3. The molecule has 0 amide bonds. The number of aromatic nitrogens is 18. The fourth-order valence-corrected chi connectivity index (χ4v) is 23.0. The maximum Gasteiger partial charge on any atom is 0.330 e. The molecule has 15 heterocycles. The third-order valence-corrected chi connectivity index (χ3v) is 30.3. The number of aryl methyl sites for hydroxylation is 3. The van der Waals surface area contributed by atoms with Crippen LogP contribution in [0.4, 0.5) is 17.6 Å². The molecule has 0 radical (unpaired) electrons. The summed E-state index contributed by atoms with van der Waals surface area (Å²) in [5.41, 5.74) is 13.5. The highest BCUT2D eigenvalue weighted by molar-refractivity contribution is 8.32. The van der Waals surface area contributed by atoms with Gasteiger partial charge in [-0.1, -0.05) is 66.0 Å². The van der Waals surface area contributed by atoms with Crippen molar-refractivity contribution in [1.29, 1.82) is 0 Å². The van der Waals surface area contributed by atoms with E-state index in [-0.39, 0.29) is 99.9 Å². The molecular weight excluding hydrogens is 1910 g/mol. The summed E-state index contributed by atoms with van der Waals surface area (Å²) in [4.78, 5) is 204. The van der Waals surface area contributed by atoms with Crippen LogP contribution in [-0.4, -0.2) is 201 Å². The molecule has 6 fully saturated rings. The average Bonchev–Trinajstić information content (AvgIpc) is 1.62. The molecule has 64 heteroatoms. The number of nitrogens with zero attached hydrogens (tertiary/aromatic N) is 14. The summed E-state index contributed by atoms with van der Waals surface area (Å²) in [6.45, 7) is -26.4. The molecule has 6 aliphatic heterocycles. The van der Waals surface area contributed by atoms with Gasteiger partial charge in [0, 0.05) is 80.9 Å². The number of fused-ring (bicyclic) bond motifs is 3. The molecular formula is C62H75N21O31P6S6-6. The Balaban J connectivity index is 0.638. The monoisotopic (exact) mass is 1990 g/mol. The Bertz CT molecular complexity index is 6400. The lowest BCUT2D eigenvalue weighted by molar-refractivity contribution is -0.221. The third-order valence-electron chi connectivity index (χ3n) is 20.8. The molecule has 0 aromatic carbocycles. The van der Waals surface area contributed by atoms with Crippen molar-refractivity contribution in [3.8, 4) is 0 Å². The van der Waals surface area contributed by atoms with Crippen LogP contribution in [0.3, 0.4) is 0 Å². The molecule has 0 aliphatic carbocycles. The van der Waals surface area contributed by atoms with Gasteiger partial charge in [-0.15, -0.1) is 0 Å². The molecule has 0 saturated carbocycles. The second kappa shape index (κ2) is 37.8. The molecule has 0 bridgehead atoms. The summed E-state index contributed by atoms with van der Waals surface area (Å²) >= 11 is 32.4. The quantitative estimate of drug-likeness (QED) is 0.0165. The first-order chi connectivity index (χ1) is 59.5. The van der Waals surface area contributed by atoms with Crippen LogP contribution in [0.5, 0.6) is 0 Å². The zero-order valence-corrected chi connectivity index (χ0v) is 76.0. The molecule has 9 aromatic rings. The van der Waals surface area contributed by atoms with E-state index in [2.05, 4.69) is 59.8 Å². The molecule has 6 saturated heterocycles. The molecule has 15 rings (SSSR count). The zero-order chi connectivity index (χ0) is 90.2. The summed E-state index contributed by atoms with van der Waals surface area (Å²) in [5.74, 6) is -0.221. The second-order valence-electron chi connectivity index (χ2n) is 29.2. The van der Waals surface area contributed by atoms with Crippen molar-refractivity contribution in [3.05, 3.63) is 140 Å². The number of hydrogen-bond acceptors (Lipinski definition) is 48. The molecule has 24 atom stereocenters. The van der Waals surface area contributed by atoms with Crippen molar-refractivity contribution in [2.24, 2.45) is 0 Å². The first-order valence-corrected chi connectivity index (χ1v) is 53.0. The minimum atomic E-state index is -4.96. The van der Waals surface area contributed by atoms with Gasteiger partial charge in [0.05, 0.1) is 94.7 Å². The van der Waals surface area contributed by atoms with E-state index in [1.807, 2.05) is 0 Å². The summed E-state index contributed by atoms with van der Waals surface area (Å²) in [5, 5.41) is 0. The Morgan fingerprint density at radius 3 is 1.05 bits per heavy atom. The van der Waals surface area contributed by atoms with Gasteiger partial charge in [0.1, 0.15) is 125 Å². The van der Waals surface area contributed by atoms with Gasteiger partial charge in [-0.2, -0.15) is 4.98 Å². The number of anilines is 3. The lowest BCUT2D eigenvalue weighted by Gasteiger charge is -2.36. The van der Waals surface area contributed by atoms with Crippen LogP contribution in [-0.2, 0) is 159 Å². The van der Waals surface area contributed by atoms with Crippen LogP contribution in [0, 0.1) is 20.8 Å². The Morgan fingerprint density at radius 2 is 0.706 bits per heavy atom. The number of aromatic amines is 4. The van der Waals surface area contributed by atoms with Crippen molar-refractivity contribution < 1.29 is 112 Å². The molecule has 52 nitrogen and oxygen atoms in total. The molecule has 9 aromatic heterocycles. The van der Waals surface area contributed by atoms with E-state index in [4.69, 9.17) is 171 Å². The minimum Gasteiger partial charge on any atom is -0.780 e. The second-order valence-corrected chi connectivity index (χ2v) is 45.5. The maximum absolute atomic E-state index is 14.9. The van der Waals surface area contributed by atoms with E-state index in [1.165, 1.54) is 65.8 Å². The fraction of sp³-hybridized carbons (Fsp3) is 0.565. The number of nitrogens with one attached hydrogen (secondary N) is 4. The fourth-order valence-electron chi connectivity index (χ4n) is 14.7. The Labute approximate surface area is 737 Å². The Morgan fingerprint density at radius 1 is 0.413 bits per heavy atom. The largest absolute Gasteiger partial charge is 0.780 e. The van der Waals surface area contributed by atoms with E-state index in [9.17, 15) is 62.6 Å². The Hall–Kier alpha value is -6.20. The predicted molar refractivity (Wildman–Crippen MR) is 444 cm³/mol. The van der Waals surface area contributed by atoms with Crippen molar-refractivity contribution in [2.75, 3.05) is 57.3 Å². The van der Waals surface area contributed by atoms with Crippen molar-refractivity contribution >= 4 is 163 Å². The zero-order valence-electron chi connectivity index (χ0n) is 65.8. The molecule has 6 aliphatic rings. The molecule has 126 heavy (non-hydrogen) atoms. The molecule has 6 unspecified atom stereocenters. The summed E-state index contributed by atoms with van der Waals surface area (Å²) < 4.78 is 129. The Kier molecular flexibility index (Phi) is 28.3. The van der Waals surface area contributed by atoms with E-state index in [0.29, 0.717) is 6.42 Å². The standard InChI is InChI=1S/C62H81N21O31P6S6/c1-6-29-30(7-46(103-29)83-25-72-49-54(83)73-59(65)74-58(49)87)110-116(92,122)98-17-37-32(9-42(105-37)79-14-27(3)56(85)76-61(79)89)111-117(93,123)101-20-40-35(12-45(108-40)82-24-71-48-51(64)67-22-69-53(48)82)114-120(96,126)100-18-38-33(10-43(106-38)80-15-28(4)57(86)77-62(80)90)112-118(94,124)102-19-39-34(11-44(107-39)81-23-70-47-50(63)66-21-68-52(47)81)113-119(95,125)99-16-36-31(109-115(91,121)97-5)8-41(104-36)78-13-26(2)55(84)75-60(78)88/h13-15,21-25,29-46H,6-12,16-20H2,1-5H3,(H,91,121)(H,92,122)(H,93,123)(H,94,124)(H,95,125)(H,96,126)(H2,63,66,68)(H2,64,67,69)(H,75,84,88)(H,76,85,89)(H,77,86,90)(H3,65,73,74,87)/p-6/t29-,30-,31-,32-,33-,34-,35-,36-,37-,38-,39-,40-,41-,42-,43-,44-,45-,46-,115?,116?,117?,118?,119?,120?/m1/s1. The van der Waals surface area contributed by atoms with Crippen molar-refractivity contribution in [2.45, 2.75) is 183 Å². The highest BCUT2D eigenvalue weighted by Crippen LogP contribution is 2.56. The first kappa shape index (κ1) is 94.4. The van der Waals surface area contributed by atoms with E-state index in [0.717, 1.165) is 39.7 Å². The number of ether oxygens (including phenoxy) is 6. The van der Waals surface area contributed by atoms with E-state index >= 15 is 0 Å². The maximum atomic E-state index is 14.9. The van der Waals surface area contributed by atoms with Crippen LogP contribution in [0.15, 0.2) is 83.8 Å². The van der Waals surface area contributed by atoms with Gasteiger partial charge in [0.15, 0.2) is 40.9 Å². The topological polar surface area (TPSA) is 692 Å². The van der Waals surface area contributed by atoms with Gasteiger partial charge in [-0.3, -0.25) is 71.1 Å². The van der Waals surface area contributed by atoms with Crippen LogP contribution in [0.1, 0.15) is 106 Å². The van der Waals surface area contributed by atoms with Gasteiger partial charge in [-0.25, -0.2) is 49.3 Å². The lowest BCUT2D eigenvalue weighted by atomic mass is 10.1. The van der Waals surface area contributed by atoms with Gasteiger partial charge in [0.2, 0.25) is 5.95 Å². The minimum absolute atomic E-state index is 0.000144. The van der Waals surface area contributed by atoms with Crippen LogP contribution in [0.2, 0.25) is 0 Å². The molecule has 10 N–H and O–H groups in total. The molecule has 686 valence electrons. The number of rotatable bonds is 35. The highest BCUT2D eigenvalue weighted by Gasteiger charge is 2.48. The highest BCUT2D eigenvalue weighted by atomic mass is 32.7. The average molecular weight is 1990 g/mol. The normalized spacial score (nSPS) is 29.4. The number of H-pyrrole nitrogens is 4. The summed E-state index contributed by atoms with van der Waals surface area (Å²) in [6.07, 6.45) is -14.8. The molecule has 0 spiro atoms. The van der Waals surface area contributed by atoms with Crippen molar-refractivity contribution in [1.82, 2.24) is 87.2 Å². The summed E-state index contributed by atoms with van der Waals surface area (Å²) in [6, 6.07) is 0. The number of nitrogens with two attached hydrogens (primary N) is 3. The van der Waals surface area contributed by atoms with Crippen LogP contribution < -0.4 is 81.0 Å². The van der Waals surface area contributed by atoms with Gasteiger partial charge in [0.25, 0.3) is 22.2 Å². The number of nitrogen functional groups attached to an aromatic ring is 3. The summed E-state index contributed by atoms with van der Waals surface area (Å²) in [7, 11) is 1.03.